The van der Waals surface area contributed by atoms with E-state index in [9.17, 15) is 0 Å². The van der Waals surface area contributed by atoms with E-state index in [0.29, 0.717) is 6.04 Å². The number of piperazine rings is 1. The van der Waals surface area contributed by atoms with Gasteiger partial charge in [-0.05, 0) is 57.0 Å². The van der Waals surface area contributed by atoms with E-state index in [0.717, 1.165) is 19.7 Å². The first-order valence-electron chi connectivity index (χ1n) is 9.79. The zero-order valence-electron chi connectivity index (χ0n) is 16.6. The molecule has 0 N–H and O–H groups in total. The molecule has 2 fully saturated rings. The van der Waals surface area contributed by atoms with Crippen LogP contribution in [-0.4, -0.2) is 74.2 Å². The van der Waals surface area contributed by atoms with Crippen LogP contribution in [0, 0.1) is 13.8 Å². The summed E-state index contributed by atoms with van der Waals surface area (Å²) >= 11 is 0. The minimum Gasteiger partial charge on any atom is -0.383 e. The maximum atomic E-state index is 5.43. The highest BCUT2D eigenvalue weighted by Gasteiger charge is 2.25. The molecule has 140 valence electrons. The maximum absolute atomic E-state index is 5.43. The number of ether oxygens (including phenoxy) is 1. The van der Waals surface area contributed by atoms with Crippen molar-refractivity contribution in [1.82, 2.24) is 14.7 Å². The molecule has 0 aliphatic carbocycles. The van der Waals surface area contributed by atoms with Crippen molar-refractivity contribution in [3.8, 4) is 0 Å². The van der Waals surface area contributed by atoms with E-state index in [-0.39, 0.29) is 0 Å². The molecule has 0 unspecified atom stereocenters. The van der Waals surface area contributed by atoms with Crippen LogP contribution in [0.3, 0.4) is 0 Å². The van der Waals surface area contributed by atoms with E-state index in [2.05, 4.69) is 47.7 Å². The summed E-state index contributed by atoms with van der Waals surface area (Å²) in [7, 11) is 4.04. The van der Waals surface area contributed by atoms with Gasteiger partial charge in [-0.25, -0.2) is 0 Å². The largest absolute Gasteiger partial charge is 0.383 e. The van der Waals surface area contributed by atoms with Crippen molar-refractivity contribution in [1.29, 1.82) is 0 Å². The molecule has 2 heterocycles. The molecule has 0 amide bonds. The first-order valence-corrected chi connectivity index (χ1v) is 9.79. The Hall–Kier alpha value is -0.940. The van der Waals surface area contributed by atoms with E-state index in [1.165, 1.54) is 67.8 Å². The average Bonchev–Trinajstić information content (AvgIpc) is 3.01. The molecule has 2 aliphatic rings. The molecule has 2 aliphatic heterocycles. The third kappa shape index (κ3) is 4.82. The zero-order chi connectivity index (χ0) is 17.8. The van der Waals surface area contributed by atoms with Gasteiger partial charge in [0.25, 0.3) is 0 Å². The monoisotopic (exact) mass is 345 g/mol. The number of hydrogen-bond donors (Lipinski definition) is 0. The number of likely N-dealkylation sites (N-methyl/N-ethyl adjacent to an activating group) is 1. The SMILES string of the molecule is COC[C@@H]1CCCN1Cc1cc(C)cc(CN2CCN(C)CC2)c1C. The third-order valence-electron chi connectivity index (χ3n) is 5.99. The lowest BCUT2D eigenvalue weighted by Gasteiger charge is -2.33. The van der Waals surface area contributed by atoms with E-state index in [1.54, 1.807) is 0 Å². The second kappa shape index (κ2) is 8.63. The Bertz CT molecular complexity index is 567. The molecule has 1 aromatic rings. The van der Waals surface area contributed by atoms with Crippen LogP contribution in [0.15, 0.2) is 12.1 Å². The van der Waals surface area contributed by atoms with Gasteiger partial charge in [0.15, 0.2) is 0 Å². The van der Waals surface area contributed by atoms with Crippen molar-refractivity contribution in [3.05, 3.63) is 34.4 Å². The summed E-state index contributed by atoms with van der Waals surface area (Å²) in [6.45, 7) is 13.5. The van der Waals surface area contributed by atoms with Crippen molar-refractivity contribution < 1.29 is 4.74 Å². The standard InChI is InChI=1S/C21H35N3O/c1-17-12-19(14-23-10-8-22(3)9-11-23)18(2)20(13-17)15-24-7-5-6-21(24)16-25-4/h12-13,21H,5-11,14-16H2,1-4H3/t21-/m0/s1. The van der Waals surface area contributed by atoms with Gasteiger partial charge in [-0.1, -0.05) is 17.7 Å². The van der Waals surface area contributed by atoms with Crippen molar-refractivity contribution in [2.45, 2.75) is 45.8 Å². The Morgan fingerprint density at radius 1 is 1.00 bits per heavy atom. The third-order valence-corrected chi connectivity index (χ3v) is 5.99. The lowest BCUT2D eigenvalue weighted by atomic mass is 9.98. The fourth-order valence-corrected chi connectivity index (χ4v) is 4.29. The number of methoxy groups -OCH3 is 1. The number of benzene rings is 1. The molecule has 2 saturated heterocycles. The molecule has 0 spiro atoms. The molecule has 0 saturated carbocycles. The topological polar surface area (TPSA) is 19.0 Å². The molecular formula is C21H35N3O. The summed E-state index contributed by atoms with van der Waals surface area (Å²) in [4.78, 5) is 7.65. The second-order valence-corrected chi connectivity index (χ2v) is 8.01. The highest BCUT2D eigenvalue weighted by Crippen LogP contribution is 2.25. The van der Waals surface area contributed by atoms with Crippen LogP contribution in [0.1, 0.15) is 35.1 Å². The number of hydrogen-bond acceptors (Lipinski definition) is 4. The number of nitrogens with zero attached hydrogens (tertiary/aromatic N) is 3. The van der Waals surface area contributed by atoms with Gasteiger partial charge in [0, 0.05) is 52.4 Å². The minimum absolute atomic E-state index is 0.589. The highest BCUT2D eigenvalue weighted by atomic mass is 16.5. The first kappa shape index (κ1) is 18.8. The van der Waals surface area contributed by atoms with Gasteiger partial charge in [0.1, 0.15) is 0 Å². The van der Waals surface area contributed by atoms with Crippen LogP contribution in [0.2, 0.25) is 0 Å². The van der Waals surface area contributed by atoms with Gasteiger partial charge in [-0.3, -0.25) is 9.80 Å². The van der Waals surface area contributed by atoms with E-state index < -0.39 is 0 Å². The molecule has 4 heteroatoms. The molecular weight excluding hydrogens is 310 g/mol. The first-order chi connectivity index (χ1) is 12.1. The zero-order valence-corrected chi connectivity index (χ0v) is 16.6. The predicted molar refractivity (Wildman–Crippen MR) is 104 cm³/mol. The van der Waals surface area contributed by atoms with E-state index in [4.69, 9.17) is 4.74 Å². The van der Waals surface area contributed by atoms with Crippen LogP contribution < -0.4 is 0 Å². The van der Waals surface area contributed by atoms with Crippen LogP contribution >= 0.6 is 0 Å². The normalized spacial score (nSPS) is 23.4. The molecule has 0 radical (unpaired) electrons. The fraction of sp³-hybridized carbons (Fsp3) is 0.714. The van der Waals surface area contributed by atoms with Crippen molar-refractivity contribution >= 4 is 0 Å². The van der Waals surface area contributed by atoms with Gasteiger partial charge in [-0.15, -0.1) is 0 Å². The Morgan fingerprint density at radius 3 is 2.36 bits per heavy atom. The Balaban J connectivity index is 1.71. The van der Waals surface area contributed by atoms with Crippen LogP contribution in [0.4, 0.5) is 0 Å². The molecule has 0 bridgehead atoms. The van der Waals surface area contributed by atoms with Crippen LogP contribution in [0.25, 0.3) is 0 Å². The average molecular weight is 346 g/mol. The summed E-state index contributed by atoms with van der Waals surface area (Å²) in [6, 6.07) is 5.38. The van der Waals surface area contributed by atoms with E-state index in [1.807, 2.05) is 7.11 Å². The van der Waals surface area contributed by atoms with Crippen LogP contribution in [0.5, 0.6) is 0 Å². The molecule has 1 atom stereocenters. The molecule has 25 heavy (non-hydrogen) atoms. The molecule has 3 rings (SSSR count). The highest BCUT2D eigenvalue weighted by molar-refractivity contribution is 5.38. The molecule has 1 aromatic carbocycles. The van der Waals surface area contributed by atoms with Gasteiger partial charge >= 0.3 is 0 Å². The van der Waals surface area contributed by atoms with Gasteiger partial charge in [0.05, 0.1) is 6.61 Å². The van der Waals surface area contributed by atoms with Crippen molar-refractivity contribution in [3.63, 3.8) is 0 Å². The second-order valence-electron chi connectivity index (χ2n) is 8.01. The molecule has 4 nitrogen and oxygen atoms in total. The quantitative estimate of drug-likeness (QED) is 0.789. The molecule has 0 aromatic heterocycles. The van der Waals surface area contributed by atoms with E-state index >= 15 is 0 Å². The van der Waals surface area contributed by atoms with Crippen molar-refractivity contribution in [2.24, 2.45) is 0 Å². The predicted octanol–water partition coefficient (Wildman–Crippen LogP) is 2.66. The van der Waals surface area contributed by atoms with Gasteiger partial charge < -0.3 is 9.64 Å². The summed E-state index contributed by atoms with van der Waals surface area (Å²) in [6.07, 6.45) is 2.57. The van der Waals surface area contributed by atoms with Gasteiger partial charge in [0.2, 0.25) is 0 Å². The Labute approximate surface area is 153 Å². The lowest BCUT2D eigenvalue weighted by molar-refractivity contribution is 0.111. The lowest BCUT2D eigenvalue weighted by Crippen LogP contribution is -2.44. The fourth-order valence-electron chi connectivity index (χ4n) is 4.29. The summed E-state index contributed by atoms with van der Waals surface area (Å²) < 4.78 is 5.43. The number of rotatable bonds is 6. The smallest absolute Gasteiger partial charge is 0.0618 e. The summed E-state index contributed by atoms with van der Waals surface area (Å²) in [5, 5.41) is 0. The van der Waals surface area contributed by atoms with Crippen LogP contribution in [-0.2, 0) is 17.8 Å². The Kier molecular flexibility index (Phi) is 6.50. The minimum atomic E-state index is 0.589. The number of aryl methyl sites for hydroxylation is 1. The number of likely N-dealkylation sites (tertiary alicyclic amines) is 1. The van der Waals surface area contributed by atoms with Crippen molar-refractivity contribution in [2.75, 3.05) is 53.5 Å². The Morgan fingerprint density at radius 2 is 1.68 bits per heavy atom. The maximum Gasteiger partial charge on any atom is 0.0618 e. The van der Waals surface area contributed by atoms with Gasteiger partial charge in [-0.2, -0.15) is 0 Å². The summed E-state index contributed by atoms with van der Waals surface area (Å²) in [5.74, 6) is 0. The summed E-state index contributed by atoms with van der Waals surface area (Å²) in [5.41, 5.74) is 5.91.